The monoisotopic (exact) mass is 360 g/mol. The van der Waals surface area contributed by atoms with Crippen LogP contribution in [0, 0.1) is 0 Å². The number of amides is 1. The van der Waals surface area contributed by atoms with Crippen molar-refractivity contribution in [3.63, 3.8) is 0 Å². The first-order chi connectivity index (χ1) is 12.5. The smallest absolute Gasteiger partial charge is 0.351 e. The molecule has 1 aromatic heterocycles. The maximum atomic E-state index is 12.4. The van der Waals surface area contributed by atoms with Crippen LogP contribution in [0.15, 0.2) is 47.4 Å². The van der Waals surface area contributed by atoms with Crippen molar-refractivity contribution in [1.82, 2.24) is 9.55 Å². The first-order valence-electron chi connectivity index (χ1n) is 8.47. The molecule has 2 aromatic rings. The summed E-state index contributed by atoms with van der Waals surface area (Å²) < 4.78 is 14.8. The van der Waals surface area contributed by atoms with Crippen molar-refractivity contribution >= 4 is 23.5 Å². The Morgan fingerprint density at radius 1 is 1.48 bits per heavy atom. The van der Waals surface area contributed by atoms with Crippen molar-refractivity contribution in [2.24, 2.45) is 0 Å². The van der Waals surface area contributed by atoms with Crippen LogP contribution in [0.3, 0.4) is 0 Å². The molecule has 2 fully saturated rings. The van der Waals surface area contributed by atoms with E-state index in [0.717, 1.165) is 0 Å². The average molecular weight is 360 g/mol. The quantitative estimate of drug-likeness (QED) is 0.856. The van der Waals surface area contributed by atoms with E-state index < -0.39 is 23.6 Å². The van der Waals surface area contributed by atoms with E-state index in [0.29, 0.717) is 11.3 Å². The van der Waals surface area contributed by atoms with E-state index in [2.05, 4.69) is 10.3 Å². The largest absolute Gasteiger partial charge is 0.389 e. The minimum Gasteiger partial charge on any atom is -0.389 e. The van der Waals surface area contributed by atoms with Gasteiger partial charge < -0.3 is 15.2 Å². The van der Waals surface area contributed by atoms with Gasteiger partial charge in [-0.15, -0.1) is 11.8 Å². The van der Waals surface area contributed by atoms with Gasteiger partial charge in [0.05, 0.1) is 11.4 Å². The molecule has 2 N–H and O–H groups in total. The molecule has 0 saturated carbocycles. The molecule has 0 spiro atoms. The molecule has 4 rings (SSSR count). The zero-order chi connectivity index (χ0) is 18.3. The number of carbonyl (C=O) groups is 1. The number of nitrogens with one attached hydrogen (secondary N) is 1. The van der Waals surface area contributed by atoms with Crippen molar-refractivity contribution in [3.05, 3.63) is 58.6 Å². The van der Waals surface area contributed by atoms with Gasteiger partial charge in [-0.05, 0) is 25.1 Å². The molecule has 1 amide bonds. The van der Waals surface area contributed by atoms with Crippen LogP contribution in [0.2, 0.25) is 0 Å². The van der Waals surface area contributed by atoms with Gasteiger partial charge in [-0.25, -0.2) is 4.79 Å². The summed E-state index contributed by atoms with van der Waals surface area (Å²) in [6, 6.07) is 10.1. The summed E-state index contributed by atoms with van der Waals surface area (Å²) in [6.07, 6.45) is 0.0269. The third-order valence-electron chi connectivity index (χ3n) is 4.39. The van der Waals surface area contributed by atoms with E-state index >= 15 is 0 Å². The number of nitrogens with zero attached hydrogens (tertiary/aromatic N) is 2. The topological polar surface area (TPSA) is 93.5 Å². The van der Waals surface area contributed by atoms with Gasteiger partial charge in [0.25, 0.3) is 5.91 Å². The zero-order valence-corrected chi connectivity index (χ0v) is 14.0. The van der Waals surface area contributed by atoms with Crippen molar-refractivity contribution in [3.8, 4) is 0 Å². The molecule has 0 aliphatic carbocycles. The number of ether oxygens (including phenoxy) is 1. The average Bonchev–Trinajstić information content (AvgIpc) is 3.13. The summed E-state index contributed by atoms with van der Waals surface area (Å²) in [5, 5.41) is 12.6. The maximum Gasteiger partial charge on any atom is 0.351 e. The number of aliphatic hydroxyl groups excluding tert-OH is 1. The molecule has 0 radical (unpaired) electrons. The number of aliphatic hydroxyl groups is 1. The fourth-order valence-electron chi connectivity index (χ4n) is 3.03. The minimum absolute atomic E-state index is 0.0679. The van der Waals surface area contributed by atoms with E-state index in [4.69, 9.17) is 6.11 Å². The summed E-state index contributed by atoms with van der Waals surface area (Å²) in [7, 11) is 0. The van der Waals surface area contributed by atoms with Crippen LogP contribution in [-0.4, -0.2) is 43.3 Å². The number of anilines is 1. The van der Waals surface area contributed by atoms with Gasteiger partial charge in [-0.1, -0.05) is 18.2 Å². The number of rotatable bonds is 3. The number of thioether (sulfide) groups is 1. The summed E-state index contributed by atoms with van der Waals surface area (Å²) in [5.41, 5.74) is -1.05. The summed E-state index contributed by atoms with van der Waals surface area (Å²) in [5.74, 6) is 0.323. The minimum atomic E-state index is -0.931. The molecule has 1 aromatic carbocycles. The van der Waals surface area contributed by atoms with Crippen molar-refractivity contribution in [1.29, 1.82) is 0 Å². The molecule has 3 heterocycles. The molecule has 7 nitrogen and oxygen atoms in total. The maximum absolute atomic E-state index is 12.4. The molecular weight excluding hydrogens is 342 g/mol. The second-order valence-electron chi connectivity index (χ2n) is 6.12. The number of aromatic nitrogens is 2. The normalized spacial score (nSPS) is 30.9. The SMILES string of the molecule is [2H]C[C@@]12CS[C@@H]([C@H](n3ccc(NC(=O)c4ccccc4)nc3=O)O1)[C@@H]2O. The van der Waals surface area contributed by atoms with Crippen LogP contribution in [-0.2, 0) is 4.74 Å². The Labute approximate surface area is 149 Å². The molecular formula is C17H17N3O4S. The summed E-state index contributed by atoms with van der Waals surface area (Å²) >= 11 is 1.50. The molecule has 2 aliphatic rings. The van der Waals surface area contributed by atoms with Gasteiger partial charge in [0, 0.05) is 18.9 Å². The van der Waals surface area contributed by atoms with E-state index in [1.54, 1.807) is 24.3 Å². The van der Waals surface area contributed by atoms with Gasteiger partial charge in [-0.3, -0.25) is 9.36 Å². The Morgan fingerprint density at radius 3 is 2.96 bits per heavy atom. The number of carbonyl (C=O) groups excluding carboxylic acids is 1. The second kappa shape index (κ2) is 5.98. The number of hydrogen-bond donors (Lipinski definition) is 2. The lowest BCUT2D eigenvalue weighted by Gasteiger charge is -2.27. The number of fused-ring (bicyclic) bond motifs is 2. The van der Waals surface area contributed by atoms with Crippen molar-refractivity contribution in [2.45, 2.75) is 30.1 Å². The van der Waals surface area contributed by atoms with Crippen LogP contribution < -0.4 is 11.0 Å². The van der Waals surface area contributed by atoms with Crippen LogP contribution in [0.5, 0.6) is 0 Å². The highest BCUT2D eigenvalue weighted by Gasteiger charge is 2.58. The summed E-state index contributed by atoms with van der Waals surface area (Å²) in [6.45, 7) is -0.0679. The third kappa shape index (κ3) is 2.76. The van der Waals surface area contributed by atoms with E-state index in [-0.39, 0.29) is 23.9 Å². The van der Waals surface area contributed by atoms with Crippen LogP contribution in [0.1, 0.15) is 24.9 Å². The van der Waals surface area contributed by atoms with Gasteiger partial charge in [0.2, 0.25) is 0 Å². The second-order valence-corrected chi connectivity index (χ2v) is 7.28. The highest BCUT2D eigenvalue weighted by Crippen LogP contribution is 2.51. The van der Waals surface area contributed by atoms with Crippen molar-refractivity contribution < 1.29 is 16.0 Å². The van der Waals surface area contributed by atoms with Gasteiger partial charge in [0.1, 0.15) is 11.4 Å². The van der Waals surface area contributed by atoms with E-state index in [1.165, 1.54) is 28.6 Å². The van der Waals surface area contributed by atoms with Crippen molar-refractivity contribution in [2.75, 3.05) is 11.1 Å². The highest BCUT2D eigenvalue weighted by atomic mass is 32.2. The number of hydrogen-bond acceptors (Lipinski definition) is 6. The fourth-order valence-corrected chi connectivity index (χ4v) is 4.53. The molecule has 2 saturated heterocycles. The fraction of sp³-hybridized carbons (Fsp3) is 0.353. The van der Waals surface area contributed by atoms with Crippen LogP contribution in [0.25, 0.3) is 0 Å². The van der Waals surface area contributed by atoms with Gasteiger partial charge in [-0.2, -0.15) is 4.98 Å². The molecule has 2 bridgehead atoms. The Hall–Kier alpha value is -2.16. The first kappa shape index (κ1) is 15.1. The zero-order valence-electron chi connectivity index (χ0n) is 14.2. The Morgan fingerprint density at radius 2 is 2.28 bits per heavy atom. The first-order valence-corrected chi connectivity index (χ1v) is 8.81. The lowest BCUT2D eigenvalue weighted by atomic mass is 10.0. The molecule has 2 aliphatic heterocycles. The van der Waals surface area contributed by atoms with Gasteiger partial charge >= 0.3 is 5.69 Å². The predicted octanol–water partition coefficient (Wildman–Crippen LogP) is 1.26. The summed E-state index contributed by atoms with van der Waals surface area (Å²) in [4.78, 5) is 28.5. The lowest BCUT2D eigenvalue weighted by Crippen LogP contribution is -2.36. The van der Waals surface area contributed by atoms with E-state index in [1.807, 2.05) is 6.07 Å². The molecule has 4 atom stereocenters. The van der Waals surface area contributed by atoms with Gasteiger partial charge in [0.15, 0.2) is 6.23 Å². The standard InChI is InChI=1S/C17H17N3O4S/c1-17-9-25-12(13(17)21)15(24-17)20-8-7-11(19-16(20)23)18-14(22)10-5-3-2-4-6-10/h2-8,12-13,15,21H,9H2,1H3,(H,18,19,22,23)/t12-,13+,15-,17+/m1/s1/i1D. The molecule has 130 valence electrons. The highest BCUT2D eigenvalue weighted by molar-refractivity contribution is 8.00. The number of benzene rings is 1. The van der Waals surface area contributed by atoms with Crippen LogP contribution in [0.4, 0.5) is 5.82 Å². The van der Waals surface area contributed by atoms with E-state index in [9.17, 15) is 14.7 Å². The van der Waals surface area contributed by atoms with Crippen LogP contribution >= 0.6 is 11.8 Å². The molecule has 8 heteroatoms. The Bertz CT molecular complexity index is 893. The Balaban J connectivity index is 1.54. The lowest BCUT2D eigenvalue weighted by molar-refractivity contribution is -0.0777. The predicted molar refractivity (Wildman–Crippen MR) is 93.7 cm³/mol. The molecule has 0 unspecified atom stereocenters. The Kier molecular flexibility index (Phi) is 3.61. The molecule has 25 heavy (non-hydrogen) atoms. The third-order valence-corrected chi connectivity index (χ3v) is 5.92.